The minimum absolute atomic E-state index is 0.00599. The second kappa shape index (κ2) is 7.55. The van der Waals surface area contributed by atoms with Gasteiger partial charge in [-0.15, -0.1) is 0 Å². The molecule has 0 N–H and O–H groups in total. The Hall–Kier alpha value is -2.81. The Morgan fingerprint density at radius 3 is 2.69 bits per heavy atom. The molecular formula is C20H22N4O4S. The average Bonchev–Trinajstić information content (AvgIpc) is 3.27. The van der Waals surface area contributed by atoms with Crippen LogP contribution in [0.15, 0.2) is 41.6 Å². The van der Waals surface area contributed by atoms with Crippen LogP contribution in [0.5, 0.6) is 0 Å². The van der Waals surface area contributed by atoms with Crippen LogP contribution in [-0.2, 0) is 27.6 Å². The van der Waals surface area contributed by atoms with Crippen LogP contribution in [0.1, 0.15) is 30.0 Å². The van der Waals surface area contributed by atoms with Crippen molar-refractivity contribution in [2.75, 3.05) is 11.5 Å². The molecule has 1 atom stereocenters. The Labute approximate surface area is 168 Å². The largest absolute Gasteiger partial charge is 0.298 e. The number of hydrogen-bond donors (Lipinski definition) is 0. The molecule has 0 aliphatic carbocycles. The second-order valence-electron chi connectivity index (χ2n) is 7.59. The molecule has 3 aromatic rings. The van der Waals surface area contributed by atoms with E-state index in [1.54, 1.807) is 0 Å². The standard InChI is InChI=1S/C20H22N4O4S/c1-14-2-4-15(5-3-14)6-7-17(25)11-23-13-21-19-18(20(23)26)10-22-24(19)16-8-9-29(27,28)12-16/h2-5,10,13,16H,6-9,11-12H2,1H3. The van der Waals surface area contributed by atoms with E-state index in [0.717, 1.165) is 5.56 Å². The van der Waals surface area contributed by atoms with Crippen molar-refractivity contribution in [2.24, 2.45) is 0 Å². The van der Waals surface area contributed by atoms with Crippen molar-refractivity contribution < 1.29 is 13.2 Å². The van der Waals surface area contributed by atoms with Gasteiger partial charge in [0, 0.05) is 6.42 Å². The molecule has 0 bridgehead atoms. The highest BCUT2D eigenvalue weighted by Gasteiger charge is 2.31. The first-order valence-electron chi connectivity index (χ1n) is 9.53. The molecule has 1 fully saturated rings. The second-order valence-corrected chi connectivity index (χ2v) is 9.81. The maximum absolute atomic E-state index is 12.7. The van der Waals surface area contributed by atoms with E-state index in [0.29, 0.717) is 30.3 Å². The highest BCUT2D eigenvalue weighted by Crippen LogP contribution is 2.25. The summed E-state index contributed by atoms with van der Waals surface area (Å²) >= 11 is 0. The first-order valence-corrected chi connectivity index (χ1v) is 11.3. The number of carbonyl (C=O) groups excluding carboxylic acids is 1. The summed E-state index contributed by atoms with van der Waals surface area (Å²) in [7, 11) is -3.07. The van der Waals surface area contributed by atoms with Crippen molar-refractivity contribution in [3.63, 3.8) is 0 Å². The third-order valence-corrected chi connectivity index (χ3v) is 7.04. The maximum atomic E-state index is 12.7. The van der Waals surface area contributed by atoms with Crippen molar-refractivity contribution in [1.29, 1.82) is 0 Å². The summed E-state index contributed by atoms with van der Waals surface area (Å²) in [5, 5.41) is 4.49. The zero-order valence-electron chi connectivity index (χ0n) is 16.1. The molecule has 1 unspecified atom stereocenters. The molecular weight excluding hydrogens is 392 g/mol. The summed E-state index contributed by atoms with van der Waals surface area (Å²) in [5.74, 6) is 0.0699. The van der Waals surface area contributed by atoms with E-state index >= 15 is 0 Å². The van der Waals surface area contributed by atoms with Crippen LogP contribution in [0.2, 0.25) is 0 Å². The minimum atomic E-state index is -3.07. The minimum Gasteiger partial charge on any atom is -0.298 e. The molecule has 9 heteroatoms. The lowest BCUT2D eigenvalue weighted by atomic mass is 10.1. The van der Waals surface area contributed by atoms with Crippen LogP contribution >= 0.6 is 0 Å². The summed E-state index contributed by atoms with van der Waals surface area (Å²) in [6.07, 6.45) is 4.17. The number of Topliss-reactive ketones (excluding diaryl/α,β-unsaturated/α-hetero) is 1. The molecule has 0 spiro atoms. The lowest BCUT2D eigenvalue weighted by Gasteiger charge is -2.10. The molecule has 29 heavy (non-hydrogen) atoms. The highest BCUT2D eigenvalue weighted by molar-refractivity contribution is 7.91. The number of fused-ring (bicyclic) bond motifs is 1. The third-order valence-electron chi connectivity index (χ3n) is 5.29. The van der Waals surface area contributed by atoms with Crippen molar-refractivity contribution in [3.8, 4) is 0 Å². The van der Waals surface area contributed by atoms with Gasteiger partial charge in [0.05, 0.1) is 30.3 Å². The fourth-order valence-corrected chi connectivity index (χ4v) is 5.31. The summed E-state index contributed by atoms with van der Waals surface area (Å²) in [6, 6.07) is 7.71. The zero-order chi connectivity index (χ0) is 20.6. The van der Waals surface area contributed by atoms with Crippen LogP contribution in [0.25, 0.3) is 11.0 Å². The van der Waals surface area contributed by atoms with Crippen molar-refractivity contribution in [1.82, 2.24) is 19.3 Å². The van der Waals surface area contributed by atoms with Crippen LogP contribution in [0, 0.1) is 6.92 Å². The Bertz CT molecular complexity index is 1230. The van der Waals surface area contributed by atoms with E-state index in [9.17, 15) is 18.0 Å². The number of sulfone groups is 1. The summed E-state index contributed by atoms with van der Waals surface area (Å²) in [4.78, 5) is 29.4. The molecule has 1 aliphatic rings. The fourth-order valence-electron chi connectivity index (χ4n) is 3.62. The maximum Gasteiger partial charge on any atom is 0.264 e. The van der Waals surface area contributed by atoms with Gasteiger partial charge in [-0.1, -0.05) is 29.8 Å². The predicted molar refractivity (Wildman–Crippen MR) is 109 cm³/mol. The van der Waals surface area contributed by atoms with E-state index in [2.05, 4.69) is 10.1 Å². The van der Waals surface area contributed by atoms with E-state index in [4.69, 9.17) is 0 Å². The smallest absolute Gasteiger partial charge is 0.264 e. The molecule has 1 aliphatic heterocycles. The number of ketones is 1. The first-order chi connectivity index (χ1) is 13.8. The van der Waals surface area contributed by atoms with Crippen LogP contribution < -0.4 is 5.56 Å². The predicted octanol–water partition coefficient (Wildman–Crippen LogP) is 1.46. The van der Waals surface area contributed by atoms with Crippen LogP contribution in [-0.4, -0.2) is 45.0 Å². The molecule has 3 heterocycles. The van der Waals surface area contributed by atoms with Gasteiger partial charge in [0.2, 0.25) is 0 Å². The topological polar surface area (TPSA) is 104 Å². The Kier molecular flexibility index (Phi) is 5.08. The summed E-state index contributed by atoms with van der Waals surface area (Å²) < 4.78 is 26.3. The molecule has 0 saturated carbocycles. The Morgan fingerprint density at radius 1 is 1.24 bits per heavy atom. The lowest BCUT2D eigenvalue weighted by Crippen LogP contribution is -2.25. The molecule has 1 aromatic carbocycles. The Balaban J connectivity index is 1.48. The van der Waals surface area contributed by atoms with Crippen molar-refractivity contribution in [2.45, 2.75) is 38.8 Å². The molecule has 8 nitrogen and oxygen atoms in total. The monoisotopic (exact) mass is 414 g/mol. The van der Waals surface area contributed by atoms with Gasteiger partial charge in [0.25, 0.3) is 5.56 Å². The normalized spacial score (nSPS) is 18.3. The Morgan fingerprint density at radius 2 is 2.00 bits per heavy atom. The number of benzene rings is 1. The number of carbonyl (C=O) groups is 1. The summed E-state index contributed by atoms with van der Waals surface area (Å²) in [5.41, 5.74) is 2.27. The van der Waals surface area contributed by atoms with Gasteiger partial charge < -0.3 is 0 Å². The van der Waals surface area contributed by atoms with Gasteiger partial charge in [0.15, 0.2) is 21.3 Å². The quantitative estimate of drug-likeness (QED) is 0.605. The van der Waals surface area contributed by atoms with Gasteiger partial charge in [-0.3, -0.25) is 14.2 Å². The van der Waals surface area contributed by atoms with Gasteiger partial charge >= 0.3 is 0 Å². The average molecular weight is 414 g/mol. The van der Waals surface area contributed by atoms with E-state index in [1.165, 1.54) is 27.3 Å². The van der Waals surface area contributed by atoms with Crippen molar-refractivity contribution >= 4 is 26.7 Å². The molecule has 0 amide bonds. The summed E-state index contributed by atoms with van der Waals surface area (Å²) in [6.45, 7) is 1.97. The van der Waals surface area contributed by atoms with Crippen molar-refractivity contribution in [3.05, 3.63) is 58.3 Å². The van der Waals surface area contributed by atoms with Gasteiger partial charge in [-0.2, -0.15) is 5.10 Å². The molecule has 152 valence electrons. The van der Waals surface area contributed by atoms with Gasteiger partial charge in [0.1, 0.15) is 11.7 Å². The third kappa shape index (κ3) is 4.14. The number of aromatic nitrogens is 4. The number of rotatable bonds is 6. The van der Waals surface area contributed by atoms with Crippen LogP contribution in [0.3, 0.4) is 0 Å². The number of nitrogens with zero attached hydrogens (tertiary/aromatic N) is 4. The van der Waals surface area contributed by atoms with E-state index in [-0.39, 0.29) is 35.4 Å². The molecule has 4 rings (SSSR count). The fraction of sp³-hybridized carbons (Fsp3) is 0.400. The van der Waals surface area contributed by atoms with Gasteiger partial charge in [-0.05, 0) is 25.3 Å². The lowest BCUT2D eigenvalue weighted by molar-refractivity contribution is -0.119. The SMILES string of the molecule is Cc1ccc(CCC(=O)Cn2cnc3c(cnn3C3CCS(=O)(=O)C3)c2=O)cc1. The zero-order valence-corrected chi connectivity index (χ0v) is 16.9. The van der Waals surface area contributed by atoms with E-state index in [1.807, 2.05) is 31.2 Å². The molecule has 2 aromatic heterocycles. The van der Waals surface area contributed by atoms with Crippen LogP contribution in [0.4, 0.5) is 0 Å². The van der Waals surface area contributed by atoms with E-state index < -0.39 is 9.84 Å². The molecule has 1 saturated heterocycles. The number of hydrogen-bond acceptors (Lipinski definition) is 6. The highest BCUT2D eigenvalue weighted by atomic mass is 32.2. The van der Waals surface area contributed by atoms with Gasteiger partial charge in [-0.25, -0.2) is 18.1 Å². The number of aryl methyl sites for hydroxylation is 2. The molecule has 0 radical (unpaired) electrons. The first kappa shape index (κ1) is 19.5.